The van der Waals surface area contributed by atoms with Crippen LogP contribution >= 0.6 is 15.9 Å². The van der Waals surface area contributed by atoms with E-state index in [2.05, 4.69) is 25.9 Å². The molecule has 0 amide bonds. The molecule has 0 saturated carbocycles. The molecule has 15 heavy (non-hydrogen) atoms. The minimum Gasteiger partial charge on any atom is -0.479 e. The third-order valence-corrected chi connectivity index (χ3v) is 2.52. The Kier molecular flexibility index (Phi) is 3.41. The van der Waals surface area contributed by atoms with Crippen LogP contribution < -0.4 is 0 Å². The number of aliphatic hydroxyl groups excluding tert-OH is 1. The average molecular weight is 275 g/mol. The fourth-order valence-electron chi connectivity index (χ4n) is 1.08. The quantitative estimate of drug-likeness (QED) is 0.858. The first-order chi connectivity index (χ1) is 6.85. The summed E-state index contributed by atoms with van der Waals surface area (Å²) in [6.07, 6.45) is 1.50. The van der Waals surface area contributed by atoms with Gasteiger partial charge >= 0.3 is 5.97 Å². The highest BCUT2D eigenvalue weighted by molar-refractivity contribution is 9.10. The van der Waals surface area contributed by atoms with Crippen molar-refractivity contribution in [1.29, 1.82) is 0 Å². The summed E-state index contributed by atoms with van der Waals surface area (Å²) in [5.74, 6) is -0.993. The van der Waals surface area contributed by atoms with E-state index < -0.39 is 17.5 Å². The number of hydrogen-bond donors (Lipinski definition) is 2. The minimum absolute atomic E-state index is 0.292. The molecule has 2 N–H and O–H groups in total. The van der Waals surface area contributed by atoms with E-state index in [0.717, 1.165) is 0 Å². The normalized spacial score (nSPS) is 13.6. The van der Waals surface area contributed by atoms with Gasteiger partial charge in [-0.2, -0.15) is 0 Å². The number of carbonyl (C=O) groups is 1. The van der Waals surface area contributed by atoms with Gasteiger partial charge in [-0.3, -0.25) is 0 Å². The van der Waals surface area contributed by atoms with Gasteiger partial charge in [-0.25, -0.2) is 14.8 Å². The minimum atomic E-state index is -1.53. The second-order valence-electron chi connectivity index (χ2n) is 3.69. The Labute approximate surface area is 95.3 Å². The van der Waals surface area contributed by atoms with Crippen molar-refractivity contribution >= 4 is 21.9 Å². The van der Waals surface area contributed by atoms with Crippen molar-refractivity contribution in [1.82, 2.24) is 9.97 Å². The topological polar surface area (TPSA) is 83.3 Å². The Balaban J connectivity index is 3.05. The first-order valence-electron chi connectivity index (χ1n) is 4.24. The van der Waals surface area contributed by atoms with Crippen LogP contribution in [-0.2, 0) is 10.2 Å². The first kappa shape index (κ1) is 12.1. The standard InChI is InChI=1S/C9H11BrN2O3/c1-9(2,6(13)7(14)15)8-11-3-5(10)4-12-8/h3-4,6,13H,1-2H3,(H,14,15). The molecule has 0 aliphatic carbocycles. The summed E-state index contributed by atoms with van der Waals surface area (Å²) in [4.78, 5) is 18.6. The molecule has 0 aromatic carbocycles. The van der Waals surface area contributed by atoms with Crippen LogP contribution in [0.5, 0.6) is 0 Å². The Morgan fingerprint density at radius 1 is 1.47 bits per heavy atom. The van der Waals surface area contributed by atoms with Crippen molar-refractivity contribution in [2.75, 3.05) is 0 Å². The highest BCUT2D eigenvalue weighted by atomic mass is 79.9. The summed E-state index contributed by atoms with van der Waals surface area (Å²) in [6, 6.07) is 0. The van der Waals surface area contributed by atoms with Crippen molar-refractivity contribution in [2.45, 2.75) is 25.4 Å². The highest BCUT2D eigenvalue weighted by Gasteiger charge is 2.37. The molecule has 6 heteroatoms. The molecule has 1 unspecified atom stereocenters. The summed E-state index contributed by atoms with van der Waals surface area (Å²) in [7, 11) is 0. The number of hydrogen-bond acceptors (Lipinski definition) is 4. The molecule has 1 aromatic heterocycles. The number of carboxylic acid groups (broad SMARTS) is 1. The van der Waals surface area contributed by atoms with Crippen LogP contribution in [0.2, 0.25) is 0 Å². The van der Waals surface area contributed by atoms with Crippen LogP contribution in [0.15, 0.2) is 16.9 Å². The van der Waals surface area contributed by atoms with Crippen molar-refractivity contribution in [3.05, 3.63) is 22.7 Å². The maximum absolute atomic E-state index is 10.7. The van der Waals surface area contributed by atoms with Crippen LogP contribution in [0.1, 0.15) is 19.7 Å². The second-order valence-corrected chi connectivity index (χ2v) is 4.60. The van der Waals surface area contributed by atoms with E-state index >= 15 is 0 Å². The lowest BCUT2D eigenvalue weighted by Crippen LogP contribution is -2.41. The molecule has 1 aromatic rings. The molecule has 5 nitrogen and oxygen atoms in total. The van der Waals surface area contributed by atoms with Crippen LogP contribution in [0, 0.1) is 0 Å². The Morgan fingerprint density at radius 3 is 2.33 bits per heavy atom. The van der Waals surface area contributed by atoms with E-state index in [0.29, 0.717) is 10.3 Å². The maximum Gasteiger partial charge on any atom is 0.333 e. The lowest BCUT2D eigenvalue weighted by Gasteiger charge is -2.25. The largest absolute Gasteiger partial charge is 0.479 e. The number of aliphatic carboxylic acids is 1. The van der Waals surface area contributed by atoms with E-state index in [1.807, 2.05) is 0 Å². The molecule has 0 saturated heterocycles. The molecule has 0 fully saturated rings. The average Bonchev–Trinajstić information content (AvgIpc) is 2.17. The number of nitrogens with zero attached hydrogens (tertiary/aromatic N) is 2. The van der Waals surface area contributed by atoms with Crippen LogP contribution in [0.4, 0.5) is 0 Å². The molecule has 0 radical (unpaired) electrons. The van der Waals surface area contributed by atoms with E-state index in [4.69, 9.17) is 5.11 Å². The van der Waals surface area contributed by atoms with E-state index in [1.54, 1.807) is 13.8 Å². The van der Waals surface area contributed by atoms with Gasteiger partial charge in [0.25, 0.3) is 0 Å². The van der Waals surface area contributed by atoms with Gasteiger partial charge in [0.2, 0.25) is 0 Å². The van der Waals surface area contributed by atoms with Gasteiger partial charge in [-0.1, -0.05) is 0 Å². The van der Waals surface area contributed by atoms with Crippen molar-refractivity contribution in [3.8, 4) is 0 Å². The molecule has 0 aliphatic heterocycles. The van der Waals surface area contributed by atoms with Crippen molar-refractivity contribution in [3.63, 3.8) is 0 Å². The molecule has 82 valence electrons. The Morgan fingerprint density at radius 2 is 1.93 bits per heavy atom. The summed E-state index contributed by atoms with van der Waals surface area (Å²) >= 11 is 3.17. The molecule has 0 bridgehead atoms. The second kappa shape index (κ2) is 4.24. The van der Waals surface area contributed by atoms with Gasteiger partial charge < -0.3 is 10.2 Å². The zero-order valence-electron chi connectivity index (χ0n) is 8.31. The van der Waals surface area contributed by atoms with Crippen LogP contribution in [-0.4, -0.2) is 32.3 Å². The number of aromatic nitrogens is 2. The van der Waals surface area contributed by atoms with E-state index in [9.17, 15) is 9.90 Å². The summed E-state index contributed by atoms with van der Waals surface area (Å²) in [6.45, 7) is 3.16. The predicted octanol–water partition coefficient (Wildman–Crippen LogP) is 0.962. The number of aliphatic hydroxyl groups is 1. The van der Waals surface area contributed by atoms with Gasteiger partial charge in [-0.15, -0.1) is 0 Å². The predicted molar refractivity (Wildman–Crippen MR) is 56.4 cm³/mol. The SMILES string of the molecule is CC(C)(c1ncc(Br)cn1)C(O)C(=O)O. The van der Waals surface area contributed by atoms with Gasteiger partial charge in [0.1, 0.15) is 5.82 Å². The lowest BCUT2D eigenvalue weighted by molar-refractivity contribution is -0.150. The zero-order chi connectivity index (χ0) is 11.6. The van der Waals surface area contributed by atoms with Gasteiger partial charge in [-0.05, 0) is 29.8 Å². The van der Waals surface area contributed by atoms with Crippen LogP contribution in [0.3, 0.4) is 0 Å². The monoisotopic (exact) mass is 274 g/mol. The molecule has 1 rings (SSSR count). The molecule has 0 spiro atoms. The summed E-state index contributed by atoms with van der Waals surface area (Å²) in [5, 5.41) is 18.2. The molecule has 1 heterocycles. The number of halogens is 1. The highest BCUT2D eigenvalue weighted by Crippen LogP contribution is 2.24. The van der Waals surface area contributed by atoms with Crippen molar-refractivity contribution in [2.24, 2.45) is 0 Å². The fraction of sp³-hybridized carbons (Fsp3) is 0.444. The third kappa shape index (κ3) is 2.51. The van der Waals surface area contributed by atoms with Gasteiger partial charge in [0.05, 0.1) is 9.89 Å². The summed E-state index contributed by atoms with van der Waals surface area (Å²) < 4.78 is 0.701. The molecule has 0 aliphatic rings. The lowest BCUT2D eigenvalue weighted by atomic mass is 9.85. The maximum atomic E-state index is 10.7. The van der Waals surface area contributed by atoms with E-state index in [1.165, 1.54) is 12.4 Å². The fourth-order valence-corrected chi connectivity index (χ4v) is 1.28. The molecular weight excluding hydrogens is 264 g/mol. The number of carboxylic acids is 1. The third-order valence-electron chi connectivity index (χ3n) is 2.11. The summed E-state index contributed by atoms with van der Waals surface area (Å²) in [5.41, 5.74) is -1.02. The first-order valence-corrected chi connectivity index (χ1v) is 5.04. The smallest absolute Gasteiger partial charge is 0.333 e. The van der Waals surface area contributed by atoms with Gasteiger partial charge in [0, 0.05) is 12.4 Å². The van der Waals surface area contributed by atoms with Crippen molar-refractivity contribution < 1.29 is 15.0 Å². The van der Waals surface area contributed by atoms with Crippen LogP contribution in [0.25, 0.3) is 0 Å². The zero-order valence-corrected chi connectivity index (χ0v) is 9.89. The van der Waals surface area contributed by atoms with Gasteiger partial charge in [0.15, 0.2) is 6.10 Å². The number of rotatable bonds is 3. The Bertz CT molecular complexity index is 364. The molecule has 1 atom stereocenters. The van der Waals surface area contributed by atoms with E-state index in [-0.39, 0.29) is 0 Å². The molecular formula is C9H11BrN2O3. The Hall–Kier alpha value is -1.01.